The quantitative estimate of drug-likeness (QED) is 0.460. The molecule has 0 N–H and O–H groups in total. The van der Waals surface area contributed by atoms with E-state index in [-0.39, 0.29) is 0 Å². The van der Waals surface area contributed by atoms with Crippen molar-refractivity contribution in [2.45, 2.75) is 20.8 Å². The van der Waals surface area contributed by atoms with Crippen LogP contribution in [-0.4, -0.2) is 7.11 Å². The van der Waals surface area contributed by atoms with Gasteiger partial charge in [0.2, 0.25) is 0 Å². The van der Waals surface area contributed by atoms with Crippen LogP contribution in [0.3, 0.4) is 0 Å². The minimum atomic E-state index is 0.426. The molecule has 0 heterocycles. The Morgan fingerprint density at radius 2 is 1.92 bits per heavy atom. The van der Waals surface area contributed by atoms with Crippen LogP contribution in [0.25, 0.3) is 0 Å². The molecule has 0 atom stereocenters. The highest BCUT2D eigenvalue weighted by Crippen LogP contribution is 2.22. The first-order valence-electron chi connectivity index (χ1n) is 4.11. The number of methoxy groups -OCH3 is 1. The smallest absolute Gasteiger partial charge is 0.121 e. The summed E-state index contributed by atoms with van der Waals surface area (Å²) in [5, 5.41) is 0. The Balaban J connectivity index is 5.03. The Morgan fingerprint density at radius 3 is 2.00 bits per heavy atom. The predicted octanol–water partition coefficient (Wildman–Crippen LogP) is 3.31. The van der Waals surface area contributed by atoms with Gasteiger partial charge in [0.25, 0.3) is 0 Å². The van der Waals surface area contributed by atoms with Gasteiger partial charge in [0.15, 0.2) is 0 Å². The zero-order valence-electron chi connectivity index (χ0n) is 8.48. The van der Waals surface area contributed by atoms with Gasteiger partial charge in [-0.2, -0.15) is 0 Å². The fourth-order valence-electron chi connectivity index (χ4n) is 1.29. The monoisotopic (exact) mass is 166 g/mol. The minimum absolute atomic E-state index is 0.426. The van der Waals surface area contributed by atoms with E-state index < -0.39 is 0 Å². The lowest BCUT2D eigenvalue weighted by atomic mass is 9.96. The molecule has 68 valence electrons. The van der Waals surface area contributed by atoms with Gasteiger partial charge in [-0.25, -0.2) is 0 Å². The predicted molar refractivity (Wildman–Crippen MR) is 53.9 cm³/mol. The Kier molecular flexibility index (Phi) is 4.42. The van der Waals surface area contributed by atoms with Crippen LogP contribution in [0.2, 0.25) is 0 Å². The van der Waals surface area contributed by atoms with Crippen LogP contribution < -0.4 is 0 Å². The molecule has 0 spiro atoms. The second-order valence-electron chi connectivity index (χ2n) is 3.12. The standard InChI is InChI=1S/C11H18O/c1-7-10(12-6)11(8(2)3)9(4)5/h7,9H,1-2H2,3-6H3/b11-10-. The van der Waals surface area contributed by atoms with Crippen LogP contribution in [0.1, 0.15) is 20.8 Å². The van der Waals surface area contributed by atoms with Gasteiger partial charge >= 0.3 is 0 Å². The lowest BCUT2D eigenvalue weighted by Gasteiger charge is -2.14. The molecule has 1 heteroatoms. The number of rotatable bonds is 4. The third kappa shape index (κ3) is 2.57. The average molecular weight is 166 g/mol. The fraction of sp³-hybridized carbons (Fsp3) is 0.455. The first-order valence-corrected chi connectivity index (χ1v) is 4.11. The molecule has 0 aromatic carbocycles. The molecule has 12 heavy (non-hydrogen) atoms. The first-order chi connectivity index (χ1) is 5.54. The van der Waals surface area contributed by atoms with E-state index >= 15 is 0 Å². The average Bonchev–Trinajstić information content (AvgIpc) is 1.98. The molecule has 0 amide bonds. The molecule has 0 radical (unpaired) electrons. The summed E-state index contributed by atoms with van der Waals surface area (Å²) in [4.78, 5) is 0. The number of ether oxygens (including phenoxy) is 1. The van der Waals surface area contributed by atoms with Gasteiger partial charge in [0.05, 0.1) is 7.11 Å². The Labute approximate surface area is 75.4 Å². The van der Waals surface area contributed by atoms with E-state index in [1.807, 2.05) is 6.92 Å². The fourth-order valence-corrected chi connectivity index (χ4v) is 1.29. The SMILES string of the molecule is C=C/C(OC)=C(\C(=C)C)C(C)C. The minimum Gasteiger partial charge on any atom is -0.496 e. The summed E-state index contributed by atoms with van der Waals surface area (Å²) >= 11 is 0. The number of hydrogen-bond donors (Lipinski definition) is 0. The molecule has 0 rings (SSSR count). The third-order valence-electron chi connectivity index (χ3n) is 1.71. The van der Waals surface area contributed by atoms with Gasteiger partial charge in [-0.1, -0.05) is 32.6 Å². The van der Waals surface area contributed by atoms with Crippen molar-refractivity contribution in [3.63, 3.8) is 0 Å². The molecule has 0 fully saturated rings. The van der Waals surface area contributed by atoms with Gasteiger partial charge in [-0.3, -0.25) is 0 Å². The normalized spacial score (nSPS) is 12.4. The van der Waals surface area contributed by atoms with Crippen molar-refractivity contribution < 1.29 is 4.74 Å². The van der Waals surface area contributed by atoms with E-state index in [0.29, 0.717) is 5.92 Å². The summed E-state index contributed by atoms with van der Waals surface area (Å²) in [5.41, 5.74) is 2.19. The second kappa shape index (κ2) is 4.81. The van der Waals surface area contributed by atoms with Crippen LogP contribution in [0.4, 0.5) is 0 Å². The summed E-state index contributed by atoms with van der Waals surface area (Å²) in [5.74, 6) is 1.26. The highest BCUT2D eigenvalue weighted by Gasteiger charge is 2.09. The molecule has 0 aromatic heterocycles. The van der Waals surface area contributed by atoms with Crippen LogP contribution in [0, 0.1) is 5.92 Å². The van der Waals surface area contributed by atoms with Crippen LogP contribution >= 0.6 is 0 Å². The van der Waals surface area contributed by atoms with Crippen LogP contribution in [0.15, 0.2) is 36.1 Å². The van der Waals surface area contributed by atoms with E-state index in [9.17, 15) is 0 Å². The molecule has 0 aliphatic rings. The summed E-state index contributed by atoms with van der Waals surface area (Å²) in [7, 11) is 1.66. The van der Waals surface area contributed by atoms with Crippen molar-refractivity contribution in [2.75, 3.05) is 7.11 Å². The van der Waals surface area contributed by atoms with Gasteiger partial charge in [0, 0.05) is 0 Å². The van der Waals surface area contributed by atoms with Gasteiger partial charge in [-0.15, -0.1) is 0 Å². The van der Waals surface area contributed by atoms with E-state index in [4.69, 9.17) is 4.74 Å². The van der Waals surface area contributed by atoms with Crippen molar-refractivity contribution in [2.24, 2.45) is 5.92 Å². The summed E-state index contributed by atoms with van der Waals surface area (Å²) in [6.07, 6.45) is 1.73. The zero-order chi connectivity index (χ0) is 9.72. The van der Waals surface area contributed by atoms with E-state index in [2.05, 4.69) is 27.0 Å². The molecule has 0 saturated carbocycles. The highest BCUT2D eigenvalue weighted by atomic mass is 16.5. The second-order valence-corrected chi connectivity index (χ2v) is 3.12. The van der Waals surface area contributed by atoms with Crippen LogP contribution in [-0.2, 0) is 4.74 Å². The van der Waals surface area contributed by atoms with E-state index in [1.165, 1.54) is 0 Å². The summed E-state index contributed by atoms with van der Waals surface area (Å²) in [6.45, 7) is 13.8. The maximum Gasteiger partial charge on any atom is 0.121 e. The van der Waals surface area contributed by atoms with E-state index in [0.717, 1.165) is 16.9 Å². The van der Waals surface area contributed by atoms with Crippen molar-refractivity contribution >= 4 is 0 Å². The topological polar surface area (TPSA) is 9.23 Å². The maximum atomic E-state index is 5.18. The third-order valence-corrected chi connectivity index (χ3v) is 1.71. The molecule has 0 bridgehead atoms. The molecule has 0 unspecified atom stereocenters. The summed E-state index contributed by atoms with van der Waals surface area (Å²) in [6, 6.07) is 0. The zero-order valence-corrected chi connectivity index (χ0v) is 8.48. The van der Waals surface area contributed by atoms with E-state index in [1.54, 1.807) is 13.2 Å². The molecule has 0 saturated heterocycles. The maximum absolute atomic E-state index is 5.18. The Morgan fingerprint density at radius 1 is 1.42 bits per heavy atom. The van der Waals surface area contributed by atoms with Gasteiger partial charge < -0.3 is 4.74 Å². The van der Waals surface area contributed by atoms with Crippen molar-refractivity contribution in [1.29, 1.82) is 0 Å². The van der Waals surface area contributed by atoms with Gasteiger partial charge in [-0.05, 0) is 24.5 Å². The molecule has 0 aliphatic carbocycles. The lowest BCUT2D eigenvalue weighted by molar-refractivity contribution is 0.299. The van der Waals surface area contributed by atoms with Crippen LogP contribution in [0.5, 0.6) is 0 Å². The van der Waals surface area contributed by atoms with Crippen molar-refractivity contribution in [3.05, 3.63) is 36.1 Å². The number of hydrogen-bond acceptors (Lipinski definition) is 1. The largest absolute Gasteiger partial charge is 0.496 e. The number of allylic oxidation sites excluding steroid dienone is 3. The highest BCUT2D eigenvalue weighted by molar-refractivity contribution is 5.35. The first kappa shape index (κ1) is 11.0. The lowest BCUT2D eigenvalue weighted by Crippen LogP contribution is -2.00. The van der Waals surface area contributed by atoms with Crippen molar-refractivity contribution in [1.82, 2.24) is 0 Å². The van der Waals surface area contributed by atoms with Gasteiger partial charge in [0.1, 0.15) is 5.76 Å². The molecule has 0 aromatic rings. The molecule has 0 aliphatic heterocycles. The van der Waals surface area contributed by atoms with Crippen molar-refractivity contribution in [3.8, 4) is 0 Å². The molecular formula is C11H18O. The molecule has 1 nitrogen and oxygen atoms in total. The Hall–Kier alpha value is -0.980. The summed E-state index contributed by atoms with van der Waals surface area (Å²) < 4.78 is 5.18. The molecular weight excluding hydrogens is 148 g/mol. The Bertz CT molecular complexity index is 209.